The van der Waals surface area contributed by atoms with Crippen LogP contribution in [0.4, 0.5) is 4.39 Å². The van der Waals surface area contributed by atoms with Crippen molar-refractivity contribution in [2.24, 2.45) is 11.3 Å². The topological polar surface area (TPSA) is 89.5 Å². The lowest BCUT2D eigenvalue weighted by molar-refractivity contribution is -0.158. The van der Waals surface area contributed by atoms with Crippen LogP contribution in [0.5, 0.6) is 0 Å². The predicted octanol–water partition coefficient (Wildman–Crippen LogP) is 1.86. The van der Waals surface area contributed by atoms with Gasteiger partial charge in [-0.05, 0) is 46.0 Å². The van der Waals surface area contributed by atoms with Gasteiger partial charge in [-0.2, -0.15) is 0 Å². The average molecular weight is 361 g/mol. The minimum atomic E-state index is -4.10. The third-order valence-corrected chi connectivity index (χ3v) is 6.71. The Morgan fingerprint density at radius 1 is 1.38 bits per heavy atom. The molecular weight excluding hydrogens is 337 g/mol. The lowest BCUT2D eigenvalue weighted by atomic mass is 9.98. The van der Waals surface area contributed by atoms with E-state index in [-0.39, 0.29) is 25.2 Å². The maximum absolute atomic E-state index is 13.0. The number of halogens is 1. The molecule has 8 heteroatoms. The van der Waals surface area contributed by atoms with E-state index in [0.717, 1.165) is 0 Å². The fourth-order valence-electron chi connectivity index (χ4n) is 2.77. The number of sulfonamides is 1. The molecule has 0 unspecified atom stereocenters. The van der Waals surface area contributed by atoms with E-state index < -0.39 is 44.3 Å². The Balaban J connectivity index is 2.12. The highest BCUT2D eigenvalue weighted by molar-refractivity contribution is 7.91. The number of hydrogen-bond acceptors (Lipinski definition) is 5. The average Bonchev–Trinajstić information content (AvgIpc) is 3.30. The van der Waals surface area contributed by atoms with Crippen LogP contribution in [0.25, 0.3) is 0 Å². The van der Waals surface area contributed by atoms with Crippen molar-refractivity contribution in [3.63, 3.8) is 0 Å². The van der Waals surface area contributed by atoms with E-state index in [0.29, 0.717) is 6.42 Å². The van der Waals surface area contributed by atoms with Gasteiger partial charge in [-0.3, -0.25) is 14.3 Å². The summed E-state index contributed by atoms with van der Waals surface area (Å²) in [4.78, 5) is 24.6. The molecule has 6 nitrogen and oxygen atoms in total. The molecule has 0 aliphatic heterocycles. The molecule has 2 saturated carbocycles. The molecule has 2 fully saturated rings. The van der Waals surface area contributed by atoms with Crippen LogP contribution in [-0.2, 0) is 24.3 Å². The molecule has 0 spiro atoms. The number of rotatable bonds is 7. The quantitative estimate of drug-likeness (QED) is 0.552. The van der Waals surface area contributed by atoms with Gasteiger partial charge in [0.15, 0.2) is 0 Å². The minimum Gasteiger partial charge on any atom is -0.460 e. The van der Waals surface area contributed by atoms with Crippen molar-refractivity contribution in [2.75, 3.05) is 6.67 Å². The highest BCUT2D eigenvalue weighted by Crippen LogP contribution is 2.57. The van der Waals surface area contributed by atoms with Crippen LogP contribution in [0.2, 0.25) is 0 Å². The summed E-state index contributed by atoms with van der Waals surface area (Å²) in [6, 6.07) is 0. The molecule has 0 aromatic heterocycles. The van der Waals surface area contributed by atoms with Crippen LogP contribution in [0.3, 0.4) is 0 Å². The van der Waals surface area contributed by atoms with Gasteiger partial charge in [0.05, 0.1) is 11.8 Å². The first-order valence-electron chi connectivity index (χ1n) is 7.89. The number of allylic oxidation sites excluding steroid dienone is 1. The lowest BCUT2D eigenvalue weighted by Crippen LogP contribution is -2.45. The van der Waals surface area contributed by atoms with E-state index in [4.69, 9.17) is 4.74 Å². The maximum Gasteiger partial charge on any atom is 0.307 e. The third kappa shape index (κ3) is 3.48. The number of esters is 1. The molecule has 0 bridgehead atoms. The number of nitrogens with one attached hydrogen (secondary N) is 1. The van der Waals surface area contributed by atoms with Crippen molar-refractivity contribution in [1.29, 1.82) is 0 Å². The van der Waals surface area contributed by atoms with Gasteiger partial charge in [-0.25, -0.2) is 12.8 Å². The van der Waals surface area contributed by atoms with Crippen LogP contribution in [-0.4, -0.2) is 37.3 Å². The van der Waals surface area contributed by atoms with Gasteiger partial charge in [-0.1, -0.05) is 6.08 Å². The monoisotopic (exact) mass is 361 g/mol. The van der Waals surface area contributed by atoms with Crippen LogP contribution in [0, 0.1) is 11.3 Å². The van der Waals surface area contributed by atoms with E-state index in [1.165, 1.54) is 6.08 Å². The minimum absolute atomic E-state index is 0.191. The Labute approximate surface area is 141 Å². The SMILES string of the molecule is C=C[C@@H]1C[C@]1(CC(=O)OC(C)(C)C)C(=O)NS(=O)(=O)C1(CF)CC1. The van der Waals surface area contributed by atoms with Crippen molar-refractivity contribution in [2.45, 2.75) is 56.8 Å². The molecule has 2 rings (SSSR count). The molecule has 0 aromatic carbocycles. The van der Waals surface area contributed by atoms with E-state index in [1.807, 2.05) is 4.72 Å². The van der Waals surface area contributed by atoms with E-state index in [2.05, 4.69) is 6.58 Å². The number of carbonyl (C=O) groups excluding carboxylic acids is 2. The van der Waals surface area contributed by atoms with Gasteiger partial charge in [0.2, 0.25) is 15.9 Å². The van der Waals surface area contributed by atoms with Gasteiger partial charge in [0.25, 0.3) is 0 Å². The van der Waals surface area contributed by atoms with Gasteiger partial charge >= 0.3 is 5.97 Å². The zero-order chi connectivity index (χ0) is 18.4. The normalized spacial score (nSPS) is 27.9. The Bertz CT molecular complexity index is 662. The van der Waals surface area contributed by atoms with Gasteiger partial charge in [0.1, 0.15) is 17.0 Å². The molecule has 136 valence electrons. The molecule has 0 radical (unpaired) electrons. The van der Waals surface area contributed by atoms with Gasteiger partial charge in [0, 0.05) is 0 Å². The largest absolute Gasteiger partial charge is 0.460 e. The summed E-state index contributed by atoms with van der Waals surface area (Å²) in [5.41, 5.74) is -1.88. The summed E-state index contributed by atoms with van der Waals surface area (Å²) >= 11 is 0. The lowest BCUT2D eigenvalue weighted by Gasteiger charge is -2.23. The third-order valence-electron chi connectivity index (χ3n) is 4.60. The molecule has 24 heavy (non-hydrogen) atoms. The van der Waals surface area contributed by atoms with Gasteiger partial charge in [-0.15, -0.1) is 6.58 Å². The number of ether oxygens (including phenoxy) is 1. The summed E-state index contributed by atoms with van der Waals surface area (Å²) in [5, 5.41) is 0. The molecule has 2 aliphatic carbocycles. The highest BCUT2D eigenvalue weighted by atomic mass is 32.2. The summed E-state index contributed by atoms with van der Waals surface area (Å²) in [6.07, 6.45) is 2.00. The second kappa shape index (κ2) is 5.82. The maximum atomic E-state index is 13.0. The van der Waals surface area contributed by atoms with Crippen molar-refractivity contribution < 1.29 is 27.1 Å². The molecular formula is C16H24FNO5S. The fourth-order valence-corrected chi connectivity index (χ4v) is 4.21. The number of hydrogen-bond donors (Lipinski definition) is 1. The van der Waals surface area contributed by atoms with Crippen molar-refractivity contribution in [3.8, 4) is 0 Å². The first kappa shape index (κ1) is 18.9. The zero-order valence-electron chi connectivity index (χ0n) is 14.2. The van der Waals surface area contributed by atoms with Crippen molar-refractivity contribution in [1.82, 2.24) is 4.72 Å². The molecule has 1 amide bonds. The van der Waals surface area contributed by atoms with Crippen LogP contribution in [0.15, 0.2) is 12.7 Å². The molecule has 2 atom stereocenters. The fraction of sp³-hybridized carbons (Fsp3) is 0.750. The Morgan fingerprint density at radius 2 is 1.96 bits per heavy atom. The molecule has 0 aromatic rings. The highest BCUT2D eigenvalue weighted by Gasteiger charge is 2.63. The molecule has 2 aliphatic rings. The Hall–Kier alpha value is -1.44. The van der Waals surface area contributed by atoms with E-state index in [9.17, 15) is 22.4 Å². The van der Waals surface area contributed by atoms with Crippen LogP contribution < -0.4 is 4.72 Å². The predicted molar refractivity (Wildman–Crippen MR) is 86.2 cm³/mol. The van der Waals surface area contributed by atoms with E-state index >= 15 is 0 Å². The first-order valence-corrected chi connectivity index (χ1v) is 9.37. The van der Waals surface area contributed by atoms with Crippen LogP contribution in [0.1, 0.15) is 46.5 Å². The Morgan fingerprint density at radius 3 is 2.33 bits per heavy atom. The van der Waals surface area contributed by atoms with Crippen molar-refractivity contribution in [3.05, 3.63) is 12.7 Å². The molecule has 1 N–H and O–H groups in total. The van der Waals surface area contributed by atoms with Gasteiger partial charge < -0.3 is 4.74 Å². The van der Waals surface area contributed by atoms with Crippen molar-refractivity contribution >= 4 is 21.9 Å². The molecule has 0 heterocycles. The van der Waals surface area contributed by atoms with E-state index in [1.54, 1.807) is 20.8 Å². The summed E-state index contributed by atoms with van der Waals surface area (Å²) in [5.74, 6) is -1.66. The number of carbonyl (C=O) groups is 2. The first-order chi connectivity index (χ1) is 10.9. The molecule has 0 saturated heterocycles. The summed E-state index contributed by atoms with van der Waals surface area (Å²) in [7, 11) is -4.10. The summed E-state index contributed by atoms with van der Waals surface area (Å²) in [6.45, 7) is 7.71. The summed E-state index contributed by atoms with van der Waals surface area (Å²) < 4.78 is 43.2. The Kier molecular flexibility index (Phi) is 4.58. The zero-order valence-corrected chi connectivity index (χ0v) is 15.0. The second-order valence-corrected chi connectivity index (χ2v) is 9.79. The number of alkyl halides is 1. The van der Waals surface area contributed by atoms with Crippen LogP contribution >= 0.6 is 0 Å². The number of amides is 1. The smallest absolute Gasteiger partial charge is 0.307 e. The standard InChI is InChI=1S/C16H24FNO5S/c1-5-11-8-16(11,9-12(19)23-14(2,3)4)13(20)18-24(21,22)15(10-17)6-7-15/h5,11H,1,6-10H2,2-4H3,(H,18,20)/t11-,16-/m1/s1. The second-order valence-electron chi connectivity index (χ2n) is 7.72.